The summed E-state index contributed by atoms with van der Waals surface area (Å²) in [5.74, 6) is -1.50. The number of ketones is 1. The van der Waals surface area contributed by atoms with Gasteiger partial charge in [-0.05, 0) is 57.4 Å². The highest BCUT2D eigenvalue weighted by molar-refractivity contribution is 6.01. The van der Waals surface area contributed by atoms with Crippen LogP contribution in [0.2, 0.25) is 0 Å². The number of Topliss-reactive ketones (excluding diaryl/α,β-unsaturated/α-hetero) is 1. The number of amides is 3. The van der Waals surface area contributed by atoms with Crippen LogP contribution in [0, 0.1) is 24.7 Å². The van der Waals surface area contributed by atoms with Gasteiger partial charge in [-0.15, -0.1) is 0 Å². The van der Waals surface area contributed by atoms with E-state index in [1.807, 2.05) is 0 Å². The zero-order valence-electron chi connectivity index (χ0n) is 21.2. The van der Waals surface area contributed by atoms with E-state index < -0.39 is 18.1 Å². The average Bonchev–Trinajstić information content (AvgIpc) is 3.62. The molecule has 3 heterocycles. The normalized spacial score (nSPS) is 25.9. The third-order valence-corrected chi connectivity index (χ3v) is 7.90. The molecule has 5 atom stereocenters. The molecule has 196 valence electrons. The van der Waals surface area contributed by atoms with Crippen LogP contribution in [0.3, 0.4) is 0 Å². The first kappa shape index (κ1) is 25.9. The highest BCUT2D eigenvalue weighted by atomic mass is 16.5. The van der Waals surface area contributed by atoms with Crippen molar-refractivity contribution in [1.29, 1.82) is 0 Å². The molecular weight excluding hydrogens is 464 g/mol. The zero-order valence-corrected chi connectivity index (χ0v) is 21.2. The van der Waals surface area contributed by atoms with E-state index in [4.69, 9.17) is 4.74 Å². The molecule has 5 unspecified atom stereocenters. The molecule has 0 bridgehead atoms. The summed E-state index contributed by atoms with van der Waals surface area (Å²) in [4.78, 5) is 68.8. The van der Waals surface area contributed by atoms with E-state index in [9.17, 15) is 24.0 Å². The van der Waals surface area contributed by atoms with Gasteiger partial charge in [0.2, 0.25) is 11.8 Å². The molecule has 3 aliphatic rings. The van der Waals surface area contributed by atoms with Crippen molar-refractivity contribution in [3.63, 3.8) is 0 Å². The van der Waals surface area contributed by atoms with Crippen LogP contribution in [0.15, 0.2) is 6.07 Å². The van der Waals surface area contributed by atoms with Crippen LogP contribution in [-0.4, -0.2) is 71.1 Å². The van der Waals surface area contributed by atoms with Crippen LogP contribution in [0.25, 0.3) is 0 Å². The molecule has 3 fully saturated rings. The van der Waals surface area contributed by atoms with Crippen molar-refractivity contribution in [2.75, 3.05) is 19.7 Å². The number of nitrogens with one attached hydrogen (secondary N) is 3. The first-order valence-electron chi connectivity index (χ1n) is 13.0. The molecule has 0 aromatic carbocycles. The van der Waals surface area contributed by atoms with Gasteiger partial charge in [0, 0.05) is 31.1 Å². The molecule has 0 spiro atoms. The van der Waals surface area contributed by atoms with Gasteiger partial charge in [-0.1, -0.05) is 13.3 Å². The number of ether oxygens (including phenoxy) is 1. The van der Waals surface area contributed by atoms with Crippen molar-refractivity contribution in [3.8, 4) is 0 Å². The van der Waals surface area contributed by atoms with E-state index in [1.54, 1.807) is 25.7 Å². The summed E-state index contributed by atoms with van der Waals surface area (Å²) < 4.78 is 5.08. The summed E-state index contributed by atoms with van der Waals surface area (Å²) >= 11 is 0. The molecule has 3 amide bonds. The van der Waals surface area contributed by atoms with Gasteiger partial charge in [-0.2, -0.15) is 0 Å². The van der Waals surface area contributed by atoms with Gasteiger partial charge < -0.3 is 25.3 Å². The summed E-state index contributed by atoms with van der Waals surface area (Å²) in [6, 6.07) is 0.0158. The van der Waals surface area contributed by atoms with Crippen LogP contribution in [0.5, 0.6) is 0 Å². The van der Waals surface area contributed by atoms with E-state index in [-0.39, 0.29) is 66.4 Å². The lowest BCUT2D eigenvalue weighted by molar-refractivity contribution is -0.132. The molecule has 10 nitrogen and oxygen atoms in total. The fourth-order valence-electron chi connectivity index (χ4n) is 6.03. The van der Waals surface area contributed by atoms with E-state index in [2.05, 4.69) is 15.6 Å². The second kappa shape index (κ2) is 10.8. The Morgan fingerprint density at radius 1 is 1.19 bits per heavy atom. The lowest BCUT2D eigenvalue weighted by Crippen LogP contribution is -2.53. The Morgan fingerprint density at radius 3 is 2.64 bits per heavy atom. The molecule has 1 aliphatic carbocycles. The number of carbonyl (C=O) groups is 5. The van der Waals surface area contributed by atoms with Gasteiger partial charge in [0.25, 0.3) is 5.91 Å². The number of aryl methyl sites for hydroxylation is 1. The van der Waals surface area contributed by atoms with Crippen molar-refractivity contribution >= 4 is 29.5 Å². The third kappa shape index (κ3) is 5.03. The number of carbonyl (C=O) groups excluding carboxylic acids is 5. The number of nitrogens with zero attached hydrogens (tertiary/aromatic N) is 1. The SMILES string of the molecule is CCOC(=O)c1cc(C(=O)N2CC3CCCC3C2C(=O)NC(CC2CCNC2=O)C(=O)CC)[nH]c1C. The number of H-pyrrole nitrogens is 1. The Morgan fingerprint density at radius 2 is 1.97 bits per heavy atom. The number of fused-ring (bicyclic) bond motifs is 1. The summed E-state index contributed by atoms with van der Waals surface area (Å²) in [7, 11) is 0. The number of likely N-dealkylation sites (tertiary alicyclic amines) is 1. The van der Waals surface area contributed by atoms with Crippen molar-refractivity contribution in [1.82, 2.24) is 20.5 Å². The third-order valence-electron chi connectivity index (χ3n) is 7.90. The number of esters is 1. The molecule has 10 heteroatoms. The van der Waals surface area contributed by atoms with Gasteiger partial charge in [-0.3, -0.25) is 19.2 Å². The first-order chi connectivity index (χ1) is 17.2. The second-order valence-corrected chi connectivity index (χ2v) is 10.1. The molecular formula is C26H36N4O6. The van der Waals surface area contributed by atoms with Gasteiger partial charge >= 0.3 is 5.97 Å². The number of aromatic amines is 1. The van der Waals surface area contributed by atoms with E-state index in [1.165, 1.54) is 6.07 Å². The summed E-state index contributed by atoms with van der Waals surface area (Å²) in [5, 5.41) is 5.69. The maximum absolute atomic E-state index is 13.6. The number of hydrogen-bond acceptors (Lipinski definition) is 6. The Hall–Kier alpha value is -3.17. The molecule has 1 saturated carbocycles. The van der Waals surface area contributed by atoms with Crippen LogP contribution >= 0.6 is 0 Å². The predicted molar refractivity (Wildman–Crippen MR) is 130 cm³/mol. The minimum absolute atomic E-state index is 0.0155. The van der Waals surface area contributed by atoms with Crippen LogP contribution < -0.4 is 10.6 Å². The number of hydrogen-bond donors (Lipinski definition) is 3. The Kier molecular flexibility index (Phi) is 7.80. The van der Waals surface area contributed by atoms with Crippen LogP contribution in [-0.2, 0) is 19.1 Å². The molecule has 4 rings (SSSR count). The first-order valence-corrected chi connectivity index (χ1v) is 13.0. The molecule has 2 aliphatic heterocycles. The summed E-state index contributed by atoms with van der Waals surface area (Å²) in [5.41, 5.74) is 1.06. The smallest absolute Gasteiger partial charge is 0.339 e. The maximum Gasteiger partial charge on any atom is 0.339 e. The predicted octanol–water partition coefficient (Wildman–Crippen LogP) is 1.73. The Balaban J connectivity index is 1.55. The van der Waals surface area contributed by atoms with Gasteiger partial charge in [0.05, 0.1) is 18.2 Å². The summed E-state index contributed by atoms with van der Waals surface area (Å²) in [6.07, 6.45) is 3.91. The van der Waals surface area contributed by atoms with Crippen LogP contribution in [0.1, 0.15) is 78.9 Å². The quantitative estimate of drug-likeness (QED) is 0.442. The minimum atomic E-state index is -0.767. The topological polar surface area (TPSA) is 138 Å². The standard InChI is InChI=1S/C26H36N4O6/c1-4-21(31)19(11-15-9-10-27-23(15)32)29-24(33)22-17-8-6-7-16(17)13-30(22)25(34)20-12-18(14(3)28-20)26(35)36-5-2/h12,15-17,19,22,28H,4-11,13H2,1-3H3,(H,27,32)(H,29,33). The molecule has 0 radical (unpaired) electrons. The van der Waals surface area contributed by atoms with Crippen molar-refractivity contribution in [3.05, 3.63) is 23.0 Å². The highest BCUT2D eigenvalue weighted by Crippen LogP contribution is 2.43. The van der Waals surface area contributed by atoms with Crippen molar-refractivity contribution < 1.29 is 28.7 Å². The second-order valence-electron chi connectivity index (χ2n) is 10.1. The lowest BCUT2D eigenvalue weighted by atomic mass is 9.91. The largest absolute Gasteiger partial charge is 0.462 e. The molecule has 36 heavy (non-hydrogen) atoms. The Labute approximate surface area is 210 Å². The Bertz CT molecular complexity index is 1050. The van der Waals surface area contributed by atoms with Gasteiger partial charge in [0.15, 0.2) is 5.78 Å². The number of rotatable bonds is 9. The van der Waals surface area contributed by atoms with Gasteiger partial charge in [0.1, 0.15) is 11.7 Å². The average molecular weight is 501 g/mol. The fraction of sp³-hybridized carbons (Fsp3) is 0.654. The minimum Gasteiger partial charge on any atom is -0.462 e. The molecule has 2 saturated heterocycles. The van der Waals surface area contributed by atoms with Crippen molar-refractivity contribution in [2.24, 2.45) is 17.8 Å². The zero-order chi connectivity index (χ0) is 26.0. The highest BCUT2D eigenvalue weighted by Gasteiger charge is 2.50. The number of aromatic nitrogens is 1. The van der Waals surface area contributed by atoms with Crippen LogP contribution in [0.4, 0.5) is 0 Å². The molecule has 1 aromatic rings. The van der Waals surface area contributed by atoms with E-state index in [0.717, 1.165) is 19.3 Å². The summed E-state index contributed by atoms with van der Waals surface area (Å²) in [6.45, 7) is 6.40. The fourth-order valence-corrected chi connectivity index (χ4v) is 6.03. The van der Waals surface area contributed by atoms with E-state index in [0.29, 0.717) is 30.8 Å². The molecule has 3 N–H and O–H groups in total. The van der Waals surface area contributed by atoms with Gasteiger partial charge in [-0.25, -0.2) is 4.79 Å². The molecule has 1 aromatic heterocycles. The lowest BCUT2D eigenvalue weighted by Gasteiger charge is -2.29. The van der Waals surface area contributed by atoms with Crippen molar-refractivity contribution in [2.45, 2.75) is 71.4 Å². The van der Waals surface area contributed by atoms with E-state index >= 15 is 0 Å². The monoisotopic (exact) mass is 500 g/mol. The maximum atomic E-state index is 13.6.